The maximum Gasteiger partial charge on any atom is 0.330 e. The number of nitrogens with one attached hydrogen (secondary N) is 4. The van der Waals surface area contributed by atoms with Crippen LogP contribution < -0.4 is 21.5 Å². The summed E-state index contributed by atoms with van der Waals surface area (Å²) in [5.41, 5.74) is 5.56. The number of esters is 1. The second-order valence-corrected chi connectivity index (χ2v) is 5.37. The van der Waals surface area contributed by atoms with Crippen LogP contribution in [-0.4, -0.2) is 35.4 Å². The topological polar surface area (TPSA) is 126 Å². The summed E-state index contributed by atoms with van der Waals surface area (Å²) in [7, 11) is 0. The van der Waals surface area contributed by atoms with Crippen LogP contribution in [0.2, 0.25) is 0 Å². The van der Waals surface area contributed by atoms with E-state index in [1.165, 1.54) is 12.1 Å². The molecule has 0 heterocycles. The molecular formula is C17H20N4O5S. The second-order valence-electron chi connectivity index (χ2n) is 4.96. The Bertz CT molecular complexity index is 746. The van der Waals surface area contributed by atoms with Gasteiger partial charge in [0, 0.05) is 29.8 Å². The largest absolute Gasteiger partial charge is 0.463 e. The van der Waals surface area contributed by atoms with Crippen LogP contribution in [0.1, 0.15) is 30.6 Å². The number of carbonyl (C=O) groups excluding carboxylic acids is 4. The number of rotatable bonds is 6. The van der Waals surface area contributed by atoms with Crippen LogP contribution in [0, 0.1) is 0 Å². The van der Waals surface area contributed by atoms with E-state index in [1.54, 1.807) is 26.0 Å². The maximum absolute atomic E-state index is 12.0. The number of anilines is 1. The van der Waals surface area contributed by atoms with E-state index in [0.717, 1.165) is 12.2 Å². The summed E-state index contributed by atoms with van der Waals surface area (Å²) < 4.78 is 4.63. The van der Waals surface area contributed by atoms with E-state index in [4.69, 9.17) is 12.2 Å². The van der Waals surface area contributed by atoms with Crippen molar-refractivity contribution in [3.63, 3.8) is 0 Å². The van der Waals surface area contributed by atoms with Gasteiger partial charge in [-0.15, -0.1) is 0 Å². The molecule has 0 saturated carbocycles. The van der Waals surface area contributed by atoms with Gasteiger partial charge >= 0.3 is 5.97 Å². The molecule has 9 nitrogen and oxygen atoms in total. The molecule has 10 heteroatoms. The van der Waals surface area contributed by atoms with Gasteiger partial charge in [-0.1, -0.05) is 6.92 Å². The highest BCUT2D eigenvalue weighted by Gasteiger charge is 2.08. The van der Waals surface area contributed by atoms with Crippen molar-refractivity contribution < 1.29 is 23.9 Å². The van der Waals surface area contributed by atoms with Crippen LogP contribution in [0.3, 0.4) is 0 Å². The van der Waals surface area contributed by atoms with Crippen molar-refractivity contribution in [2.45, 2.75) is 20.3 Å². The molecule has 4 N–H and O–H groups in total. The SMILES string of the molecule is CCOC(=O)/C=C/C(=O)NC(=S)NNC(=O)c1ccc(NC(=O)CC)cc1. The molecule has 0 aliphatic carbocycles. The lowest BCUT2D eigenvalue weighted by atomic mass is 10.2. The van der Waals surface area contributed by atoms with Crippen molar-refractivity contribution in [2.75, 3.05) is 11.9 Å². The quantitative estimate of drug-likeness (QED) is 0.244. The number of thiocarbonyl (C=S) groups is 1. The summed E-state index contributed by atoms with van der Waals surface area (Å²) in [6.07, 6.45) is 2.26. The van der Waals surface area contributed by atoms with E-state index in [1.807, 2.05) is 0 Å². The third-order valence-electron chi connectivity index (χ3n) is 2.94. The molecule has 0 aliphatic heterocycles. The van der Waals surface area contributed by atoms with Crippen LogP contribution in [0.25, 0.3) is 0 Å². The molecule has 1 rings (SSSR count). The van der Waals surface area contributed by atoms with E-state index < -0.39 is 17.8 Å². The number of hydrogen-bond donors (Lipinski definition) is 4. The smallest absolute Gasteiger partial charge is 0.330 e. The molecule has 1 aromatic carbocycles. The number of benzene rings is 1. The average Bonchev–Trinajstić information content (AvgIpc) is 2.65. The lowest BCUT2D eigenvalue weighted by Crippen LogP contribution is -2.48. The van der Waals surface area contributed by atoms with Gasteiger partial charge in [0.05, 0.1) is 6.61 Å². The third-order valence-corrected chi connectivity index (χ3v) is 3.14. The molecule has 0 bridgehead atoms. The summed E-state index contributed by atoms with van der Waals surface area (Å²) in [6, 6.07) is 6.21. The summed E-state index contributed by atoms with van der Waals surface area (Å²) >= 11 is 4.86. The van der Waals surface area contributed by atoms with Gasteiger partial charge in [0.15, 0.2) is 5.11 Å². The van der Waals surface area contributed by atoms with E-state index in [9.17, 15) is 19.2 Å². The van der Waals surface area contributed by atoms with Crippen molar-refractivity contribution >= 4 is 46.7 Å². The third kappa shape index (κ3) is 8.59. The molecule has 0 fully saturated rings. The minimum absolute atomic E-state index is 0.132. The Hall–Kier alpha value is -3.27. The molecule has 3 amide bonds. The predicted molar refractivity (Wildman–Crippen MR) is 102 cm³/mol. The molecule has 144 valence electrons. The Kier molecular flexibility index (Phi) is 9.16. The number of carbonyl (C=O) groups is 4. The zero-order chi connectivity index (χ0) is 20.2. The molecule has 0 aromatic heterocycles. The van der Waals surface area contributed by atoms with Crippen LogP contribution in [0.5, 0.6) is 0 Å². The molecule has 27 heavy (non-hydrogen) atoms. The maximum atomic E-state index is 12.0. The fraction of sp³-hybridized carbons (Fsp3) is 0.235. The van der Waals surface area contributed by atoms with Crippen LogP contribution >= 0.6 is 12.2 Å². The zero-order valence-electron chi connectivity index (χ0n) is 14.8. The van der Waals surface area contributed by atoms with Crippen LogP contribution in [0.4, 0.5) is 5.69 Å². The van der Waals surface area contributed by atoms with E-state index in [2.05, 4.69) is 26.2 Å². The Morgan fingerprint density at radius 2 is 1.70 bits per heavy atom. The minimum atomic E-state index is -0.661. The standard InChI is InChI=1S/C17H20N4O5S/c1-3-13(22)18-12-7-5-11(6-8-12)16(25)20-21-17(27)19-14(23)9-10-15(24)26-4-2/h5-10H,3-4H2,1-2H3,(H,18,22)(H,20,25)(H2,19,21,23,27)/b10-9+. The lowest BCUT2D eigenvalue weighted by molar-refractivity contribution is -0.137. The first-order chi connectivity index (χ1) is 12.8. The fourth-order valence-corrected chi connectivity index (χ4v) is 1.81. The normalized spacial score (nSPS) is 10.0. The van der Waals surface area contributed by atoms with Gasteiger partial charge in [-0.25, -0.2) is 4.79 Å². The van der Waals surface area contributed by atoms with Crippen molar-refractivity contribution in [3.8, 4) is 0 Å². The summed E-state index contributed by atoms with van der Waals surface area (Å²) in [5.74, 6) is -1.95. The van der Waals surface area contributed by atoms with E-state index in [0.29, 0.717) is 17.7 Å². The van der Waals surface area contributed by atoms with Gasteiger partial charge in [0.25, 0.3) is 5.91 Å². The highest BCUT2D eigenvalue weighted by molar-refractivity contribution is 7.80. The molecule has 0 unspecified atom stereocenters. The Morgan fingerprint density at radius 1 is 1.04 bits per heavy atom. The molecule has 0 radical (unpaired) electrons. The summed E-state index contributed by atoms with van der Waals surface area (Å²) in [5, 5.41) is 4.75. The van der Waals surface area contributed by atoms with Gasteiger partial charge in [0.1, 0.15) is 0 Å². The molecular weight excluding hydrogens is 372 g/mol. The number of amides is 3. The molecule has 0 saturated heterocycles. The highest BCUT2D eigenvalue weighted by Crippen LogP contribution is 2.09. The first-order valence-corrected chi connectivity index (χ1v) is 8.42. The van der Waals surface area contributed by atoms with Crippen molar-refractivity contribution in [3.05, 3.63) is 42.0 Å². The molecule has 0 aliphatic rings. The summed E-state index contributed by atoms with van der Waals surface area (Å²) in [4.78, 5) is 45.9. The monoisotopic (exact) mass is 392 g/mol. The Morgan fingerprint density at radius 3 is 2.30 bits per heavy atom. The van der Waals surface area contributed by atoms with Crippen molar-refractivity contribution in [2.24, 2.45) is 0 Å². The Balaban J connectivity index is 2.44. The van der Waals surface area contributed by atoms with E-state index >= 15 is 0 Å². The van der Waals surface area contributed by atoms with Gasteiger partial charge in [-0.3, -0.25) is 30.6 Å². The predicted octanol–water partition coefficient (Wildman–Crippen LogP) is 0.790. The fourth-order valence-electron chi connectivity index (χ4n) is 1.66. The molecule has 0 spiro atoms. The first kappa shape index (κ1) is 21.8. The zero-order valence-corrected chi connectivity index (χ0v) is 15.6. The van der Waals surface area contributed by atoms with Gasteiger partial charge in [0.2, 0.25) is 11.8 Å². The van der Waals surface area contributed by atoms with Crippen molar-refractivity contribution in [1.82, 2.24) is 16.2 Å². The minimum Gasteiger partial charge on any atom is -0.463 e. The number of hydrazine groups is 1. The lowest BCUT2D eigenvalue weighted by Gasteiger charge is -2.10. The Labute approximate surface area is 161 Å². The summed E-state index contributed by atoms with van der Waals surface area (Å²) in [6.45, 7) is 3.57. The van der Waals surface area contributed by atoms with Crippen LogP contribution in [-0.2, 0) is 19.1 Å². The molecule has 0 atom stereocenters. The van der Waals surface area contributed by atoms with Gasteiger partial charge < -0.3 is 10.1 Å². The van der Waals surface area contributed by atoms with Crippen molar-refractivity contribution in [1.29, 1.82) is 0 Å². The first-order valence-electron chi connectivity index (χ1n) is 8.01. The number of hydrogen-bond acceptors (Lipinski definition) is 6. The second kappa shape index (κ2) is 11.4. The molecule has 1 aromatic rings. The average molecular weight is 392 g/mol. The number of ether oxygens (including phenoxy) is 1. The van der Waals surface area contributed by atoms with Crippen LogP contribution in [0.15, 0.2) is 36.4 Å². The highest BCUT2D eigenvalue weighted by atomic mass is 32.1. The van der Waals surface area contributed by atoms with Gasteiger partial charge in [-0.2, -0.15) is 0 Å². The van der Waals surface area contributed by atoms with E-state index in [-0.39, 0.29) is 17.6 Å². The van der Waals surface area contributed by atoms with Gasteiger partial charge in [-0.05, 0) is 43.4 Å².